The number of benzene rings is 1. The molecule has 1 aromatic heterocycles. The number of nitrogens with zero attached hydrogens (tertiary/aromatic N) is 3. The molecule has 1 aromatic carbocycles. The van der Waals surface area contributed by atoms with Crippen LogP contribution in [0.25, 0.3) is 11.3 Å². The van der Waals surface area contributed by atoms with E-state index < -0.39 is 4.92 Å². The molecule has 0 amide bonds. The Morgan fingerprint density at radius 3 is 2.78 bits per heavy atom. The van der Waals surface area contributed by atoms with Gasteiger partial charge in [0.1, 0.15) is 0 Å². The van der Waals surface area contributed by atoms with Crippen LogP contribution in [0.3, 0.4) is 0 Å². The fraction of sp³-hybridized carbons (Fsp3) is 0.250. The summed E-state index contributed by atoms with van der Waals surface area (Å²) >= 11 is 1.76. The predicted octanol–water partition coefficient (Wildman–Crippen LogP) is 2.95. The number of thioether (sulfide) groups is 1. The molecule has 1 aliphatic rings. The van der Waals surface area contributed by atoms with Gasteiger partial charge in [0.25, 0.3) is 5.69 Å². The van der Waals surface area contributed by atoms with Crippen LogP contribution in [-0.4, -0.2) is 19.7 Å². The number of non-ortho nitro benzene ring substituents is 1. The van der Waals surface area contributed by atoms with Crippen molar-refractivity contribution in [3.05, 3.63) is 40.6 Å². The lowest BCUT2D eigenvalue weighted by Gasteiger charge is -1.99. The fourth-order valence-electron chi connectivity index (χ4n) is 2.01. The highest BCUT2D eigenvalue weighted by Crippen LogP contribution is 2.33. The number of nitro benzene ring substituents is 1. The van der Waals surface area contributed by atoms with E-state index in [-0.39, 0.29) is 5.69 Å². The summed E-state index contributed by atoms with van der Waals surface area (Å²) in [6, 6.07) is 6.50. The van der Waals surface area contributed by atoms with Crippen LogP contribution >= 0.6 is 11.8 Å². The molecule has 0 fully saturated rings. The Labute approximate surface area is 108 Å². The molecule has 0 bridgehead atoms. The molecule has 2 aromatic rings. The lowest BCUT2D eigenvalue weighted by molar-refractivity contribution is -0.384. The zero-order chi connectivity index (χ0) is 12.7. The topological polar surface area (TPSA) is 61.0 Å². The Morgan fingerprint density at radius 2 is 2.17 bits per heavy atom. The summed E-state index contributed by atoms with van der Waals surface area (Å²) in [6.07, 6.45) is 2.01. The molecule has 3 rings (SSSR count). The van der Waals surface area contributed by atoms with Gasteiger partial charge in [-0.3, -0.25) is 10.1 Å². The summed E-state index contributed by atoms with van der Waals surface area (Å²) in [7, 11) is 0. The van der Waals surface area contributed by atoms with Crippen LogP contribution in [-0.2, 0) is 6.54 Å². The third kappa shape index (κ3) is 1.88. The van der Waals surface area contributed by atoms with E-state index in [0.29, 0.717) is 5.25 Å². The van der Waals surface area contributed by atoms with Gasteiger partial charge in [0.05, 0.1) is 10.6 Å². The van der Waals surface area contributed by atoms with Crippen LogP contribution in [0.5, 0.6) is 0 Å². The van der Waals surface area contributed by atoms with Gasteiger partial charge >= 0.3 is 0 Å². The molecule has 0 radical (unpaired) electrons. The Balaban J connectivity index is 1.91. The van der Waals surface area contributed by atoms with Crippen LogP contribution in [0.1, 0.15) is 6.92 Å². The maximum Gasteiger partial charge on any atom is 0.269 e. The van der Waals surface area contributed by atoms with Crippen molar-refractivity contribution in [1.82, 2.24) is 9.55 Å². The molecule has 0 spiro atoms. The second-order valence-electron chi connectivity index (χ2n) is 4.29. The molecule has 92 valence electrons. The van der Waals surface area contributed by atoms with E-state index in [1.54, 1.807) is 23.9 Å². The molecule has 0 unspecified atom stereocenters. The first-order valence-corrected chi connectivity index (χ1v) is 6.50. The minimum atomic E-state index is -0.394. The van der Waals surface area contributed by atoms with E-state index in [0.717, 1.165) is 23.0 Å². The Bertz CT molecular complexity index is 583. The van der Waals surface area contributed by atoms with Crippen molar-refractivity contribution in [2.75, 3.05) is 0 Å². The molecule has 1 atom stereocenters. The first-order valence-electron chi connectivity index (χ1n) is 5.62. The zero-order valence-corrected chi connectivity index (χ0v) is 10.6. The highest BCUT2D eigenvalue weighted by atomic mass is 32.2. The second kappa shape index (κ2) is 4.13. The van der Waals surface area contributed by atoms with Crippen molar-refractivity contribution >= 4 is 17.4 Å². The molecule has 5 nitrogen and oxygen atoms in total. The van der Waals surface area contributed by atoms with E-state index >= 15 is 0 Å². The van der Waals surface area contributed by atoms with E-state index in [1.165, 1.54) is 12.1 Å². The highest BCUT2D eigenvalue weighted by molar-refractivity contribution is 7.99. The third-order valence-electron chi connectivity index (χ3n) is 2.87. The fourth-order valence-corrected chi connectivity index (χ4v) is 3.02. The molecule has 2 heterocycles. The summed E-state index contributed by atoms with van der Waals surface area (Å²) in [5.74, 6) is 0. The molecule has 0 N–H and O–H groups in total. The van der Waals surface area contributed by atoms with Crippen molar-refractivity contribution in [3.8, 4) is 11.3 Å². The van der Waals surface area contributed by atoms with E-state index in [4.69, 9.17) is 0 Å². The minimum absolute atomic E-state index is 0.105. The molecular formula is C12H11N3O2S. The number of nitro groups is 1. The molecular weight excluding hydrogens is 250 g/mol. The monoisotopic (exact) mass is 261 g/mol. The van der Waals surface area contributed by atoms with Gasteiger partial charge < -0.3 is 4.57 Å². The van der Waals surface area contributed by atoms with Gasteiger partial charge in [0, 0.05) is 35.7 Å². The molecule has 1 aliphatic heterocycles. The van der Waals surface area contributed by atoms with E-state index in [9.17, 15) is 10.1 Å². The van der Waals surface area contributed by atoms with Crippen molar-refractivity contribution in [1.29, 1.82) is 0 Å². The van der Waals surface area contributed by atoms with Gasteiger partial charge in [-0.25, -0.2) is 4.98 Å². The number of aromatic nitrogens is 2. The number of rotatable bonds is 2. The van der Waals surface area contributed by atoms with Crippen LogP contribution in [0.4, 0.5) is 5.69 Å². The smallest absolute Gasteiger partial charge is 0.269 e. The average Bonchev–Trinajstić information content (AvgIpc) is 2.86. The van der Waals surface area contributed by atoms with Crippen molar-refractivity contribution < 1.29 is 4.92 Å². The normalized spacial score (nSPS) is 17.7. The largest absolute Gasteiger partial charge is 0.324 e. The maximum absolute atomic E-state index is 10.6. The molecule has 6 heteroatoms. The number of fused-ring (bicyclic) bond motifs is 1. The number of imidazole rings is 1. The Kier molecular flexibility index (Phi) is 2.59. The van der Waals surface area contributed by atoms with E-state index in [1.807, 2.05) is 6.20 Å². The maximum atomic E-state index is 10.6. The summed E-state index contributed by atoms with van der Waals surface area (Å²) in [5, 5.41) is 12.2. The van der Waals surface area contributed by atoms with Crippen LogP contribution in [0.2, 0.25) is 0 Å². The highest BCUT2D eigenvalue weighted by Gasteiger charge is 2.21. The third-order valence-corrected chi connectivity index (χ3v) is 3.96. The Morgan fingerprint density at radius 1 is 1.44 bits per heavy atom. The van der Waals surface area contributed by atoms with E-state index in [2.05, 4.69) is 16.5 Å². The first-order chi connectivity index (χ1) is 8.63. The average molecular weight is 261 g/mol. The lowest BCUT2D eigenvalue weighted by Crippen LogP contribution is -1.98. The summed E-state index contributed by atoms with van der Waals surface area (Å²) in [5.41, 5.74) is 1.89. The molecule has 18 heavy (non-hydrogen) atoms. The molecule has 0 saturated carbocycles. The summed E-state index contributed by atoms with van der Waals surface area (Å²) in [6.45, 7) is 3.14. The standard InChI is InChI=1S/C12H11N3O2S/c1-8-6-14-7-11(13-12(14)18-8)9-2-4-10(5-3-9)15(16)17/h2-5,7-8H,6H2,1H3/t8-/m1/s1. The number of hydrogen-bond donors (Lipinski definition) is 0. The van der Waals surface area contributed by atoms with Gasteiger partial charge in [-0.15, -0.1) is 0 Å². The van der Waals surface area contributed by atoms with Crippen LogP contribution in [0.15, 0.2) is 35.6 Å². The first kappa shape index (κ1) is 11.3. The molecule has 0 aliphatic carbocycles. The van der Waals surface area contributed by atoms with Crippen molar-refractivity contribution in [3.63, 3.8) is 0 Å². The quantitative estimate of drug-likeness (QED) is 0.616. The lowest BCUT2D eigenvalue weighted by atomic mass is 10.1. The summed E-state index contributed by atoms with van der Waals surface area (Å²) < 4.78 is 2.13. The van der Waals surface area contributed by atoms with Crippen molar-refractivity contribution in [2.24, 2.45) is 0 Å². The van der Waals surface area contributed by atoms with Gasteiger partial charge in [0.15, 0.2) is 5.16 Å². The van der Waals surface area contributed by atoms with Crippen molar-refractivity contribution in [2.45, 2.75) is 23.9 Å². The minimum Gasteiger partial charge on any atom is -0.324 e. The van der Waals surface area contributed by atoms with Gasteiger partial charge in [-0.05, 0) is 12.1 Å². The molecule has 0 saturated heterocycles. The number of hydrogen-bond acceptors (Lipinski definition) is 4. The predicted molar refractivity (Wildman–Crippen MR) is 69.6 cm³/mol. The second-order valence-corrected chi connectivity index (χ2v) is 5.70. The van der Waals surface area contributed by atoms with Gasteiger partial charge in [0.2, 0.25) is 0 Å². The summed E-state index contributed by atoms with van der Waals surface area (Å²) in [4.78, 5) is 14.7. The van der Waals surface area contributed by atoms with Gasteiger partial charge in [-0.2, -0.15) is 0 Å². The Hall–Kier alpha value is -1.82. The van der Waals surface area contributed by atoms with Crippen LogP contribution in [0, 0.1) is 10.1 Å². The zero-order valence-electron chi connectivity index (χ0n) is 9.74. The SMILES string of the molecule is C[C@@H]1Cn2cc(-c3ccc([N+](=O)[O-])cc3)nc2S1. The van der Waals surface area contributed by atoms with Gasteiger partial charge in [-0.1, -0.05) is 18.7 Å². The van der Waals surface area contributed by atoms with Crippen LogP contribution < -0.4 is 0 Å².